The molecule has 2 N–H and O–H groups in total. The zero-order valence-electron chi connectivity index (χ0n) is 12.0. The van der Waals surface area contributed by atoms with Crippen LogP contribution in [0.2, 0.25) is 0 Å². The van der Waals surface area contributed by atoms with Gasteiger partial charge in [-0.15, -0.1) is 11.3 Å². The van der Waals surface area contributed by atoms with Crippen LogP contribution in [0.3, 0.4) is 0 Å². The minimum atomic E-state index is -0.453. The summed E-state index contributed by atoms with van der Waals surface area (Å²) in [5.41, 5.74) is 1.95. The Labute approximate surface area is 140 Å². The van der Waals surface area contributed by atoms with E-state index in [0.717, 1.165) is 16.1 Å². The van der Waals surface area contributed by atoms with Gasteiger partial charge in [-0.3, -0.25) is 4.79 Å². The molecule has 23 heavy (non-hydrogen) atoms. The van der Waals surface area contributed by atoms with Crippen molar-refractivity contribution in [1.29, 1.82) is 0 Å². The number of hydrogen-bond acceptors (Lipinski definition) is 5. The molecule has 0 radical (unpaired) electrons. The van der Waals surface area contributed by atoms with Crippen LogP contribution in [0.15, 0.2) is 41.2 Å². The van der Waals surface area contributed by atoms with Crippen LogP contribution >= 0.6 is 22.7 Å². The number of benzene rings is 1. The van der Waals surface area contributed by atoms with Crippen molar-refractivity contribution in [3.63, 3.8) is 0 Å². The van der Waals surface area contributed by atoms with E-state index in [2.05, 4.69) is 10.3 Å². The van der Waals surface area contributed by atoms with E-state index in [1.807, 2.05) is 16.8 Å². The van der Waals surface area contributed by atoms with Gasteiger partial charge in [0, 0.05) is 23.1 Å². The summed E-state index contributed by atoms with van der Waals surface area (Å²) in [7, 11) is 0. The van der Waals surface area contributed by atoms with Gasteiger partial charge in [0.1, 0.15) is 15.7 Å². The Bertz CT molecular complexity index is 815. The lowest BCUT2D eigenvalue weighted by atomic mass is 10.1. The minimum Gasteiger partial charge on any atom is -0.392 e. The Balaban J connectivity index is 1.66. The van der Waals surface area contributed by atoms with Crippen molar-refractivity contribution in [2.45, 2.75) is 13.2 Å². The number of thiazole rings is 1. The summed E-state index contributed by atoms with van der Waals surface area (Å²) >= 11 is 2.91. The van der Waals surface area contributed by atoms with E-state index in [-0.39, 0.29) is 24.6 Å². The third kappa shape index (κ3) is 3.64. The molecular formula is C16H13FN2O2S2. The topological polar surface area (TPSA) is 62.2 Å². The van der Waals surface area contributed by atoms with Crippen molar-refractivity contribution in [3.8, 4) is 10.6 Å². The molecule has 0 bridgehead atoms. The normalized spacial score (nSPS) is 10.7. The first-order valence-corrected chi connectivity index (χ1v) is 8.58. The Morgan fingerprint density at radius 2 is 2.22 bits per heavy atom. The second kappa shape index (κ2) is 6.99. The molecule has 3 aromatic rings. The van der Waals surface area contributed by atoms with E-state index in [1.54, 1.807) is 29.7 Å². The van der Waals surface area contributed by atoms with Crippen molar-refractivity contribution in [2.75, 3.05) is 0 Å². The molecule has 0 atom stereocenters. The molecule has 0 aliphatic carbocycles. The second-order valence-corrected chi connectivity index (χ2v) is 6.62. The Kier molecular flexibility index (Phi) is 4.80. The highest BCUT2D eigenvalue weighted by atomic mass is 32.1. The number of halogens is 1. The van der Waals surface area contributed by atoms with Crippen LogP contribution in [0.25, 0.3) is 10.6 Å². The summed E-state index contributed by atoms with van der Waals surface area (Å²) in [6.45, 7) is -0.107. The second-order valence-electron chi connectivity index (χ2n) is 4.81. The van der Waals surface area contributed by atoms with Gasteiger partial charge >= 0.3 is 0 Å². The van der Waals surface area contributed by atoms with Crippen LogP contribution in [0.5, 0.6) is 0 Å². The summed E-state index contributed by atoms with van der Waals surface area (Å²) in [5.74, 6) is -0.677. The Morgan fingerprint density at radius 1 is 1.35 bits per heavy atom. The maximum Gasteiger partial charge on any atom is 0.263 e. The molecular weight excluding hydrogens is 335 g/mol. The number of nitrogens with one attached hydrogen (secondary N) is 1. The number of aromatic nitrogens is 1. The summed E-state index contributed by atoms with van der Waals surface area (Å²) in [5, 5.41) is 16.6. The van der Waals surface area contributed by atoms with Crippen molar-refractivity contribution < 1.29 is 14.3 Å². The number of aliphatic hydroxyl groups is 1. The first-order chi connectivity index (χ1) is 11.2. The zero-order valence-corrected chi connectivity index (χ0v) is 13.6. The fourth-order valence-corrected chi connectivity index (χ4v) is 3.57. The number of rotatable bonds is 5. The molecule has 0 saturated carbocycles. The third-order valence-corrected chi connectivity index (χ3v) is 4.96. The number of amides is 1. The molecule has 0 unspecified atom stereocenters. The number of carbonyl (C=O) groups excluding carboxylic acids is 1. The van der Waals surface area contributed by atoms with E-state index < -0.39 is 5.82 Å². The van der Waals surface area contributed by atoms with Crippen LogP contribution in [-0.2, 0) is 13.2 Å². The van der Waals surface area contributed by atoms with E-state index in [4.69, 9.17) is 5.11 Å². The first kappa shape index (κ1) is 15.8. The average Bonchev–Trinajstić information content (AvgIpc) is 3.24. The summed E-state index contributed by atoms with van der Waals surface area (Å²) in [6, 6.07) is 6.37. The number of aliphatic hydroxyl groups excluding tert-OH is 1. The number of carbonyl (C=O) groups is 1. The fraction of sp³-hybridized carbons (Fsp3) is 0.125. The van der Waals surface area contributed by atoms with Crippen molar-refractivity contribution in [1.82, 2.24) is 10.3 Å². The number of nitrogens with zero attached hydrogens (tertiary/aromatic N) is 1. The maximum absolute atomic E-state index is 13.3. The van der Waals surface area contributed by atoms with Crippen LogP contribution in [-0.4, -0.2) is 16.0 Å². The molecule has 0 aliphatic rings. The zero-order chi connectivity index (χ0) is 16.2. The SMILES string of the molecule is O=C(NCc1ccc(F)c(CO)c1)c1cnc(-c2ccsc2)s1. The van der Waals surface area contributed by atoms with Gasteiger partial charge in [0.05, 0.1) is 12.8 Å². The number of hydrogen-bond donors (Lipinski definition) is 2. The molecule has 2 heterocycles. The molecule has 2 aromatic heterocycles. The Hall–Kier alpha value is -2.09. The van der Waals surface area contributed by atoms with Crippen LogP contribution in [0, 0.1) is 5.82 Å². The third-order valence-electron chi connectivity index (χ3n) is 3.23. The van der Waals surface area contributed by atoms with Gasteiger partial charge in [0.2, 0.25) is 0 Å². The highest BCUT2D eigenvalue weighted by Gasteiger charge is 2.12. The van der Waals surface area contributed by atoms with Gasteiger partial charge in [-0.1, -0.05) is 6.07 Å². The Morgan fingerprint density at radius 3 is 2.96 bits per heavy atom. The van der Waals surface area contributed by atoms with E-state index in [0.29, 0.717) is 4.88 Å². The van der Waals surface area contributed by atoms with Gasteiger partial charge in [0.25, 0.3) is 5.91 Å². The standard InChI is InChI=1S/C16H13FN2O2S2/c17-13-2-1-10(5-12(13)8-20)6-18-15(21)14-7-19-16(23-14)11-3-4-22-9-11/h1-5,7,9,20H,6,8H2,(H,18,21). The van der Waals surface area contributed by atoms with Crippen molar-refractivity contribution in [2.24, 2.45) is 0 Å². The molecule has 1 aromatic carbocycles. The molecule has 0 spiro atoms. The molecule has 0 saturated heterocycles. The summed E-state index contributed by atoms with van der Waals surface area (Å²) < 4.78 is 13.3. The van der Waals surface area contributed by atoms with Gasteiger partial charge in [-0.25, -0.2) is 9.37 Å². The molecule has 7 heteroatoms. The molecule has 0 fully saturated rings. The highest BCUT2D eigenvalue weighted by Crippen LogP contribution is 2.26. The van der Waals surface area contributed by atoms with E-state index in [1.165, 1.54) is 17.4 Å². The molecule has 1 amide bonds. The largest absolute Gasteiger partial charge is 0.392 e. The van der Waals surface area contributed by atoms with Gasteiger partial charge in [-0.05, 0) is 29.1 Å². The fourth-order valence-electron chi connectivity index (χ4n) is 2.03. The van der Waals surface area contributed by atoms with Crippen LogP contribution in [0.4, 0.5) is 4.39 Å². The quantitative estimate of drug-likeness (QED) is 0.742. The smallest absolute Gasteiger partial charge is 0.263 e. The van der Waals surface area contributed by atoms with Crippen molar-refractivity contribution >= 4 is 28.6 Å². The van der Waals surface area contributed by atoms with Crippen LogP contribution < -0.4 is 5.32 Å². The van der Waals surface area contributed by atoms with Gasteiger partial charge in [0.15, 0.2) is 0 Å². The molecule has 3 rings (SSSR count). The molecule has 118 valence electrons. The molecule has 0 aliphatic heterocycles. The minimum absolute atomic E-state index is 0.217. The monoisotopic (exact) mass is 348 g/mol. The number of thiophene rings is 1. The maximum atomic E-state index is 13.3. The van der Waals surface area contributed by atoms with E-state index >= 15 is 0 Å². The summed E-state index contributed by atoms with van der Waals surface area (Å²) in [4.78, 5) is 16.9. The van der Waals surface area contributed by atoms with Gasteiger partial charge < -0.3 is 10.4 Å². The average molecular weight is 348 g/mol. The summed E-state index contributed by atoms with van der Waals surface area (Å²) in [6.07, 6.45) is 1.55. The van der Waals surface area contributed by atoms with Crippen LogP contribution in [0.1, 0.15) is 20.8 Å². The van der Waals surface area contributed by atoms with Crippen molar-refractivity contribution in [3.05, 3.63) is 63.0 Å². The lowest BCUT2D eigenvalue weighted by Crippen LogP contribution is -2.21. The lowest BCUT2D eigenvalue weighted by molar-refractivity contribution is 0.0954. The van der Waals surface area contributed by atoms with E-state index in [9.17, 15) is 9.18 Å². The predicted octanol–water partition coefficient (Wildman–Crippen LogP) is 3.43. The lowest BCUT2D eigenvalue weighted by Gasteiger charge is -2.06. The molecule has 4 nitrogen and oxygen atoms in total. The highest BCUT2D eigenvalue weighted by molar-refractivity contribution is 7.17. The predicted molar refractivity (Wildman–Crippen MR) is 88.9 cm³/mol. The first-order valence-electron chi connectivity index (χ1n) is 6.82. The van der Waals surface area contributed by atoms with Gasteiger partial charge in [-0.2, -0.15) is 11.3 Å².